The summed E-state index contributed by atoms with van der Waals surface area (Å²) in [6, 6.07) is 4.09. The largest absolute Gasteiger partial charge is 0.316 e. The van der Waals surface area contributed by atoms with E-state index < -0.39 is 11.6 Å². The van der Waals surface area contributed by atoms with Gasteiger partial charge in [0.25, 0.3) is 0 Å². The van der Waals surface area contributed by atoms with Crippen molar-refractivity contribution in [2.75, 3.05) is 13.1 Å². The van der Waals surface area contributed by atoms with Crippen molar-refractivity contribution < 1.29 is 8.78 Å². The van der Waals surface area contributed by atoms with Crippen molar-refractivity contribution in [3.05, 3.63) is 35.4 Å². The van der Waals surface area contributed by atoms with Crippen LogP contribution in [0.25, 0.3) is 0 Å². The molecule has 0 saturated heterocycles. The maximum atomic E-state index is 12.8. The maximum absolute atomic E-state index is 12.8. The first kappa shape index (κ1) is 10.6. The third kappa shape index (κ3) is 3.27. The van der Waals surface area contributed by atoms with Gasteiger partial charge in [-0.3, -0.25) is 0 Å². The van der Waals surface area contributed by atoms with Gasteiger partial charge in [-0.1, -0.05) is 6.07 Å². The first-order valence-electron chi connectivity index (χ1n) is 5.40. The van der Waals surface area contributed by atoms with Crippen LogP contribution in [0.5, 0.6) is 0 Å². The van der Waals surface area contributed by atoms with Gasteiger partial charge in [0.05, 0.1) is 0 Å². The second-order valence-electron chi connectivity index (χ2n) is 4.15. The second-order valence-corrected chi connectivity index (χ2v) is 4.15. The van der Waals surface area contributed by atoms with E-state index in [0.29, 0.717) is 0 Å². The summed E-state index contributed by atoms with van der Waals surface area (Å²) in [5.41, 5.74) is 0.845. The molecule has 0 bridgehead atoms. The zero-order valence-corrected chi connectivity index (χ0v) is 8.60. The lowest BCUT2D eigenvalue weighted by Gasteiger charge is -2.04. The molecule has 1 aliphatic carbocycles. The lowest BCUT2D eigenvalue weighted by Crippen LogP contribution is -2.19. The topological polar surface area (TPSA) is 12.0 Å². The van der Waals surface area contributed by atoms with Crippen molar-refractivity contribution >= 4 is 0 Å². The van der Waals surface area contributed by atoms with Crippen molar-refractivity contribution in [1.29, 1.82) is 0 Å². The molecule has 0 spiro atoms. The standard InChI is InChI=1S/C12H15F2N/c13-11-4-3-9(7-12(11)14)5-6-15-8-10-1-2-10/h3-4,7,10,15H,1-2,5-6,8H2. The summed E-state index contributed by atoms with van der Waals surface area (Å²) >= 11 is 0. The third-order valence-electron chi connectivity index (χ3n) is 2.70. The summed E-state index contributed by atoms with van der Waals surface area (Å²) in [7, 11) is 0. The molecule has 0 amide bonds. The fourth-order valence-corrected chi connectivity index (χ4v) is 1.56. The third-order valence-corrected chi connectivity index (χ3v) is 2.70. The van der Waals surface area contributed by atoms with Crippen LogP contribution in [0.15, 0.2) is 18.2 Å². The second kappa shape index (κ2) is 4.71. The van der Waals surface area contributed by atoms with Gasteiger partial charge < -0.3 is 5.32 Å². The summed E-state index contributed by atoms with van der Waals surface area (Å²) in [6.45, 7) is 1.89. The molecule has 1 nitrogen and oxygen atoms in total. The van der Waals surface area contributed by atoms with Crippen LogP contribution in [0.3, 0.4) is 0 Å². The van der Waals surface area contributed by atoms with Crippen LogP contribution in [-0.4, -0.2) is 13.1 Å². The molecule has 2 rings (SSSR count). The van der Waals surface area contributed by atoms with Crippen molar-refractivity contribution in [1.82, 2.24) is 5.32 Å². The summed E-state index contributed by atoms with van der Waals surface area (Å²) < 4.78 is 25.4. The fourth-order valence-electron chi connectivity index (χ4n) is 1.56. The van der Waals surface area contributed by atoms with Gasteiger partial charge in [-0.15, -0.1) is 0 Å². The van der Waals surface area contributed by atoms with E-state index in [1.807, 2.05) is 0 Å². The van der Waals surface area contributed by atoms with E-state index in [0.717, 1.165) is 31.0 Å². The molecular formula is C12H15F2N. The Morgan fingerprint density at radius 2 is 2.00 bits per heavy atom. The molecule has 15 heavy (non-hydrogen) atoms. The Morgan fingerprint density at radius 1 is 1.20 bits per heavy atom. The molecule has 0 aliphatic heterocycles. The molecule has 1 fully saturated rings. The van der Waals surface area contributed by atoms with E-state index in [1.54, 1.807) is 6.07 Å². The van der Waals surface area contributed by atoms with E-state index in [2.05, 4.69) is 5.32 Å². The molecule has 0 atom stereocenters. The van der Waals surface area contributed by atoms with Crippen LogP contribution in [0, 0.1) is 17.6 Å². The molecule has 1 saturated carbocycles. The molecule has 1 N–H and O–H groups in total. The zero-order chi connectivity index (χ0) is 10.7. The van der Waals surface area contributed by atoms with E-state index in [-0.39, 0.29) is 0 Å². The van der Waals surface area contributed by atoms with Crippen LogP contribution in [-0.2, 0) is 6.42 Å². The predicted molar refractivity (Wildman–Crippen MR) is 55.7 cm³/mol. The number of hydrogen-bond donors (Lipinski definition) is 1. The molecule has 3 heteroatoms. The van der Waals surface area contributed by atoms with Gasteiger partial charge >= 0.3 is 0 Å². The maximum Gasteiger partial charge on any atom is 0.159 e. The SMILES string of the molecule is Fc1ccc(CCNCC2CC2)cc1F. The van der Waals surface area contributed by atoms with Crippen molar-refractivity contribution in [3.63, 3.8) is 0 Å². The van der Waals surface area contributed by atoms with Crippen LogP contribution in [0.2, 0.25) is 0 Å². The van der Waals surface area contributed by atoms with Gasteiger partial charge in [-0.2, -0.15) is 0 Å². The minimum absolute atomic E-state index is 0.754. The molecule has 1 aliphatic rings. The van der Waals surface area contributed by atoms with E-state index in [9.17, 15) is 8.78 Å². The first-order chi connectivity index (χ1) is 7.25. The fraction of sp³-hybridized carbons (Fsp3) is 0.500. The number of rotatable bonds is 5. The van der Waals surface area contributed by atoms with Crippen LogP contribution in [0.4, 0.5) is 8.78 Å². The molecular weight excluding hydrogens is 196 g/mol. The lowest BCUT2D eigenvalue weighted by atomic mass is 10.1. The van der Waals surface area contributed by atoms with E-state index in [4.69, 9.17) is 0 Å². The normalized spacial score (nSPS) is 15.6. The first-order valence-corrected chi connectivity index (χ1v) is 5.40. The highest BCUT2D eigenvalue weighted by Gasteiger charge is 2.19. The van der Waals surface area contributed by atoms with Gasteiger partial charge in [-0.05, 0) is 56.0 Å². The number of benzene rings is 1. The Balaban J connectivity index is 1.74. The van der Waals surface area contributed by atoms with Gasteiger partial charge in [0.15, 0.2) is 11.6 Å². The summed E-state index contributed by atoms with van der Waals surface area (Å²) in [5.74, 6) is -0.672. The van der Waals surface area contributed by atoms with Gasteiger partial charge in [-0.25, -0.2) is 8.78 Å². The molecule has 0 unspecified atom stereocenters. The summed E-state index contributed by atoms with van der Waals surface area (Å²) in [6.07, 6.45) is 3.42. The highest BCUT2D eigenvalue weighted by molar-refractivity contribution is 5.18. The number of nitrogens with one attached hydrogen (secondary N) is 1. The minimum atomic E-state index is -0.773. The van der Waals surface area contributed by atoms with E-state index >= 15 is 0 Å². The summed E-state index contributed by atoms with van der Waals surface area (Å²) in [4.78, 5) is 0. The van der Waals surface area contributed by atoms with Gasteiger partial charge in [0, 0.05) is 0 Å². The predicted octanol–water partition coefficient (Wildman–Crippen LogP) is 2.51. The molecule has 0 aromatic heterocycles. The molecule has 0 radical (unpaired) electrons. The molecule has 1 aromatic carbocycles. The van der Waals surface area contributed by atoms with Gasteiger partial charge in [0.2, 0.25) is 0 Å². The van der Waals surface area contributed by atoms with Crippen molar-refractivity contribution in [2.24, 2.45) is 5.92 Å². The average Bonchev–Trinajstić information content (AvgIpc) is 3.02. The average molecular weight is 211 g/mol. The quantitative estimate of drug-likeness (QED) is 0.738. The van der Waals surface area contributed by atoms with Crippen molar-refractivity contribution in [3.8, 4) is 0 Å². The molecule has 82 valence electrons. The highest BCUT2D eigenvalue weighted by atomic mass is 19.2. The Kier molecular flexibility index (Phi) is 3.31. The Morgan fingerprint density at radius 3 is 2.67 bits per heavy atom. The van der Waals surface area contributed by atoms with Gasteiger partial charge in [0.1, 0.15) is 0 Å². The smallest absolute Gasteiger partial charge is 0.159 e. The molecule has 1 aromatic rings. The number of halogens is 2. The van der Waals surface area contributed by atoms with Crippen LogP contribution < -0.4 is 5.32 Å². The lowest BCUT2D eigenvalue weighted by molar-refractivity contribution is 0.506. The van der Waals surface area contributed by atoms with E-state index in [1.165, 1.54) is 25.0 Å². The Hall–Kier alpha value is -0.960. The van der Waals surface area contributed by atoms with Crippen molar-refractivity contribution in [2.45, 2.75) is 19.3 Å². The Bertz CT molecular complexity index is 334. The number of hydrogen-bond acceptors (Lipinski definition) is 1. The van der Waals surface area contributed by atoms with Crippen LogP contribution >= 0.6 is 0 Å². The zero-order valence-electron chi connectivity index (χ0n) is 8.60. The summed E-state index contributed by atoms with van der Waals surface area (Å²) in [5, 5.41) is 3.31. The molecule has 0 heterocycles. The van der Waals surface area contributed by atoms with Crippen LogP contribution in [0.1, 0.15) is 18.4 Å². The minimum Gasteiger partial charge on any atom is -0.316 e. The Labute approximate surface area is 88.5 Å². The monoisotopic (exact) mass is 211 g/mol. The highest BCUT2D eigenvalue weighted by Crippen LogP contribution is 2.27.